The summed E-state index contributed by atoms with van der Waals surface area (Å²) in [5.41, 5.74) is -0.187. The Morgan fingerprint density at radius 1 is 1.20 bits per heavy atom. The minimum absolute atomic E-state index is 0.0469. The summed E-state index contributed by atoms with van der Waals surface area (Å²) in [6, 6.07) is 4.77. The minimum Gasteiger partial charge on any atom is -0.337 e. The van der Waals surface area contributed by atoms with Gasteiger partial charge in [-0.3, -0.25) is 0 Å². The first-order chi connectivity index (χ1) is 9.54. The molecule has 0 spiro atoms. The average Bonchev–Trinajstić information content (AvgIpc) is 3.09. The number of hydrogen-bond acceptors (Lipinski definition) is 4. The number of nitrogens with one attached hydrogen (secondary N) is 1. The summed E-state index contributed by atoms with van der Waals surface area (Å²) in [4.78, 5) is 4.23. The molecule has 0 unspecified atom stereocenters. The molecule has 1 aromatic carbocycles. The smallest absolute Gasteiger partial charge is 0.337 e. The maximum Gasteiger partial charge on any atom is 0.416 e. The van der Waals surface area contributed by atoms with E-state index >= 15 is 0 Å². The van der Waals surface area contributed by atoms with E-state index in [-0.39, 0.29) is 6.04 Å². The highest BCUT2D eigenvalue weighted by atomic mass is 19.4. The quantitative estimate of drug-likeness (QED) is 0.919. The van der Waals surface area contributed by atoms with Crippen molar-refractivity contribution in [1.29, 1.82) is 0 Å². The summed E-state index contributed by atoms with van der Waals surface area (Å²) >= 11 is 0. The SMILES string of the molecule is FC(F)(F)c1ccc(-c2noc([C@H]3CCCN3)n2)cc1. The lowest BCUT2D eigenvalue weighted by molar-refractivity contribution is -0.137. The number of alkyl halides is 3. The van der Waals surface area contributed by atoms with Crippen LogP contribution in [0.15, 0.2) is 28.8 Å². The number of rotatable bonds is 2. The number of halogens is 3. The van der Waals surface area contributed by atoms with Gasteiger partial charge in [0, 0.05) is 5.56 Å². The Balaban J connectivity index is 1.82. The Labute approximate surface area is 113 Å². The molecule has 0 aliphatic carbocycles. The van der Waals surface area contributed by atoms with Gasteiger partial charge in [-0.05, 0) is 31.5 Å². The van der Waals surface area contributed by atoms with Crippen molar-refractivity contribution in [2.75, 3.05) is 6.54 Å². The molecule has 106 valence electrons. The first-order valence-electron chi connectivity index (χ1n) is 6.28. The lowest BCUT2D eigenvalue weighted by Crippen LogP contribution is -2.12. The summed E-state index contributed by atoms with van der Waals surface area (Å²) in [6.07, 6.45) is -2.37. The normalized spacial score (nSPS) is 19.4. The molecule has 1 N–H and O–H groups in total. The topological polar surface area (TPSA) is 51.0 Å². The van der Waals surface area contributed by atoms with Gasteiger partial charge in [-0.1, -0.05) is 17.3 Å². The van der Waals surface area contributed by atoms with Crippen LogP contribution in [0.25, 0.3) is 11.4 Å². The molecule has 0 radical (unpaired) electrons. The van der Waals surface area contributed by atoms with Crippen LogP contribution in [0.2, 0.25) is 0 Å². The second-order valence-corrected chi connectivity index (χ2v) is 4.68. The van der Waals surface area contributed by atoms with Crippen LogP contribution in [0.4, 0.5) is 13.2 Å². The van der Waals surface area contributed by atoms with Crippen LogP contribution in [0.1, 0.15) is 30.3 Å². The second-order valence-electron chi connectivity index (χ2n) is 4.68. The van der Waals surface area contributed by atoms with E-state index in [1.807, 2.05) is 0 Å². The van der Waals surface area contributed by atoms with Gasteiger partial charge in [-0.2, -0.15) is 18.2 Å². The standard InChI is InChI=1S/C13H12F3N3O/c14-13(15,16)9-5-3-8(4-6-9)11-18-12(20-19-11)10-2-1-7-17-10/h3-6,10,17H,1-2,7H2/t10-/m1/s1. The molecule has 1 aliphatic heterocycles. The monoisotopic (exact) mass is 283 g/mol. The molecule has 7 heteroatoms. The summed E-state index contributed by atoms with van der Waals surface area (Å²) in [7, 11) is 0. The van der Waals surface area contributed by atoms with Crippen LogP contribution < -0.4 is 5.32 Å². The fourth-order valence-corrected chi connectivity index (χ4v) is 2.20. The van der Waals surface area contributed by atoms with Crippen LogP contribution in [-0.2, 0) is 6.18 Å². The zero-order valence-electron chi connectivity index (χ0n) is 10.4. The number of hydrogen-bond donors (Lipinski definition) is 1. The summed E-state index contributed by atoms with van der Waals surface area (Å²) in [5.74, 6) is 0.792. The van der Waals surface area contributed by atoms with Gasteiger partial charge in [0.15, 0.2) is 0 Å². The molecule has 4 nitrogen and oxygen atoms in total. The highest BCUT2D eigenvalue weighted by Gasteiger charge is 2.30. The molecule has 1 atom stereocenters. The lowest BCUT2D eigenvalue weighted by atomic mass is 10.1. The number of nitrogens with zero attached hydrogens (tertiary/aromatic N) is 2. The number of aromatic nitrogens is 2. The maximum atomic E-state index is 12.5. The fraction of sp³-hybridized carbons (Fsp3) is 0.385. The number of benzene rings is 1. The van der Waals surface area contributed by atoms with Crippen molar-refractivity contribution in [1.82, 2.24) is 15.5 Å². The minimum atomic E-state index is -4.34. The van der Waals surface area contributed by atoms with Gasteiger partial charge < -0.3 is 9.84 Å². The van der Waals surface area contributed by atoms with E-state index in [4.69, 9.17) is 4.52 Å². The van der Waals surface area contributed by atoms with E-state index in [1.54, 1.807) is 0 Å². The van der Waals surface area contributed by atoms with Gasteiger partial charge in [-0.15, -0.1) is 0 Å². The van der Waals surface area contributed by atoms with E-state index in [2.05, 4.69) is 15.5 Å². The zero-order chi connectivity index (χ0) is 14.2. The second kappa shape index (κ2) is 4.90. The van der Waals surface area contributed by atoms with Gasteiger partial charge in [-0.25, -0.2) is 0 Å². The molecular formula is C13H12F3N3O. The van der Waals surface area contributed by atoms with E-state index in [0.717, 1.165) is 31.5 Å². The molecule has 2 aromatic rings. The van der Waals surface area contributed by atoms with Gasteiger partial charge in [0.2, 0.25) is 11.7 Å². The average molecular weight is 283 g/mol. The maximum absolute atomic E-state index is 12.5. The van der Waals surface area contributed by atoms with Crippen molar-refractivity contribution in [2.24, 2.45) is 0 Å². The van der Waals surface area contributed by atoms with Crippen molar-refractivity contribution >= 4 is 0 Å². The predicted molar refractivity (Wildman–Crippen MR) is 64.7 cm³/mol. The van der Waals surface area contributed by atoms with Gasteiger partial charge in [0.05, 0.1) is 11.6 Å². The van der Waals surface area contributed by atoms with Gasteiger partial charge >= 0.3 is 6.18 Å². The van der Waals surface area contributed by atoms with Crippen LogP contribution in [-0.4, -0.2) is 16.7 Å². The Morgan fingerprint density at radius 2 is 1.95 bits per heavy atom. The largest absolute Gasteiger partial charge is 0.416 e. The highest BCUT2D eigenvalue weighted by molar-refractivity contribution is 5.54. The Bertz CT molecular complexity index is 586. The third-order valence-electron chi connectivity index (χ3n) is 3.27. The van der Waals surface area contributed by atoms with Gasteiger partial charge in [0.1, 0.15) is 0 Å². The van der Waals surface area contributed by atoms with E-state index in [0.29, 0.717) is 17.3 Å². The van der Waals surface area contributed by atoms with Crippen LogP contribution in [0.3, 0.4) is 0 Å². The molecule has 1 aromatic heterocycles. The molecule has 3 rings (SSSR count). The first kappa shape index (κ1) is 13.1. The lowest BCUT2D eigenvalue weighted by Gasteiger charge is -2.05. The molecule has 1 fully saturated rings. The van der Waals surface area contributed by atoms with Crippen molar-refractivity contribution in [2.45, 2.75) is 25.1 Å². The van der Waals surface area contributed by atoms with E-state index in [9.17, 15) is 13.2 Å². The molecule has 0 saturated carbocycles. The third-order valence-corrected chi connectivity index (χ3v) is 3.27. The molecule has 1 aliphatic rings. The summed E-state index contributed by atoms with van der Waals surface area (Å²) in [6.45, 7) is 0.905. The van der Waals surface area contributed by atoms with E-state index in [1.165, 1.54) is 12.1 Å². The Kier molecular flexibility index (Phi) is 3.21. The van der Waals surface area contributed by atoms with Crippen molar-refractivity contribution in [3.05, 3.63) is 35.7 Å². The molecule has 20 heavy (non-hydrogen) atoms. The van der Waals surface area contributed by atoms with Crippen LogP contribution >= 0.6 is 0 Å². The molecule has 0 bridgehead atoms. The zero-order valence-corrected chi connectivity index (χ0v) is 10.4. The predicted octanol–water partition coefficient (Wildman–Crippen LogP) is 3.18. The molecule has 2 heterocycles. The van der Waals surface area contributed by atoms with Crippen molar-refractivity contribution in [3.63, 3.8) is 0 Å². The Hall–Kier alpha value is -1.89. The van der Waals surface area contributed by atoms with Crippen molar-refractivity contribution < 1.29 is 17.7 Å². The van der Waals surface area contributed by atoms with Gasteiger partial charge in [0.25, 0.3) is 0 Å². The van der Waals surface area contributed by atoms with Crippen LogP contribution in [0, 0.1) is 0 Å². The third kappa shape index (κ3) is 2.53. The molecular weight excluding hydrogens is 271 g/mol. The molecule has 0 amide bonds. The van der Waals surface area contributed by atoms with Crippen molar-refractivity contribution in [3.8, 4) is 11.4 Å². The Morgan fingerprint density at radius 3 is 2.55 bits per heavy atom. The fourth-order valence-electron chi connectivity index (χ4n) is 2.20. The summed E-state index contributed by atoms with van der Waals surface area (Å²) < 4.78 is 42.6. The van der Waals surface area contributed by atoms with Crippen LogP contribution in [0.5, 0.6) is 0 Å². The summed E-state index contributed by atoms with van der Waals surface area (Å²) in [5, 5.41) is 7.04. The van der Waals surface area contributed by atoms with E-state index < -0.39 is 11.7 Å². The highest BCUT2D eigenvalue weighted by Crippen LogP contribution is 2.31. The molecule has 1 saturated heterocycles. The first-order valence-corrected chi connectivity index (χ1v) is 6.28.